The Hall–Kier alpha value is -0.920. The van der Waals surface area contributed by atoms with Gasteiger partial charge in [-0.25, -0.2) is 4.98 Å². The maximum absolute atomic E-state index is 12.5. The van der Waals surface area contributed by atoms with E-state index in [0.29, 0.717) is 15.2 Å². The number of anilines is 1. The van der Waals surface area contributed by atoms with Gasteiger partial charge in [-0.2, -0.15) is 8.78 Å². The molecule has 0 aliphatic carbocycles. The Bertz CT molecular complexity index is 639. The lowest BCUT2D eigenvalue weighted by molar-refractivity contribution is -0.0498. The minimum absolute atomic E-state index is 0.0309. The number of aryl methyl sites for hydroxylation is 1. The predicted molar refractivity (Wildman–Crippen MR) is 84.7 cm³/mol. The Labute approximate surface area is 138 Å². The first-order valence-electron chi connectivity index (χ1n) is 5.99. The first kappa shape index (κ1) is 16.5. The van der Waals surface area contributed by atoms with Gasteiger partial charge in [0.2, 0.25) is 0 Å². The van der Waals surface area contributed by atoms with Crippen molar-refractivity contribution in [2.75, 3.05) is 5.32 Å². The van der Waals surface area contributed by atoms with Crippen LogP contribution in [0.1, 0.15) is 23.5 Å². The first-order chi connectivity index (χ1) is 9.88. The van der Waals surface area contributed by atoms with Gasteiger partial charge in [0.1, 0.15) is 0 Å². The molecule has 2 aromatic rings. The highest BCUT2D eigenvalue weighted by atomic mass is 79.9. The van der Waals surface area contributed by atoms with Crippen molar-refractivity contribution in [1.82, 2.24) is 4.98 Å². The molecule has 1 aromatic carbocycles. The minimum Gasteiger partial charge on any atom is -0.431 e. The second-order valence-electron chi connectivity index (χ2n) is 4.31. The van der Waals surface area contributed by atoms with E-state index < -0.39 is 6.61 Å². The topological polar surface area (TPSA) is 34.2 Å². The van der Waals surface area contributed by atoms with Crippen molar-refractivity contribution in [3.05, 3.63) is 37.7 Å². The van der Waals surface area contributed by atoms with Gasteiger partial charge in [-0.15, -0.1) is 11.3 Å². The van der Waals surface area contributed by atoms with Crippen LogP contribution in [0.25, 0.3) is 0 Å². The van der Waals surface area contributed by atoms with Crippen LogP contribution in [0, 0.1) is 6.92 Å². The molecule has 2 rings (SSSR count). The third kappa shape index (κ3) is 4.05. The Morgan fingerprint density at radius 2 is 2.14 bits per heavy atom. The van der Waals surface area contributed by atoms with Crippen LogP contribution in [0.15, 0.2) is 22.1 Å². The van der Waals surface area contributed by atoms with E-state index in [1.54, 1.807) is 11.6 Å². The Balaban J connectivity index is 2.32. The van der Waals surface area contributed by atoms with Crippen LogP contribution in [0.2, 0.25) is 5.02 Å². The number of nitrogens with zero attached hydrogens (tertiary/aromatic N) is 1. The third-order valence-electron chi connectivity index (χ3n) is 2.76. The van der Waals surface area contributed by atoms with Gasteiger partial charge in [-0.05, 0) is 41.9 Å². The van der Waals surface area contributed by atoms with Crippen molar-refractivity contribution in [2.45, 2.75) is 26.5 Å². The van der Waals surface area contributed by atoms with E-state index in [0.717, 1.165) is 10.6 Å². The molecule has 3 nitrogen and oxygen atoms in total. The smallest absolute Gasteiger partial charge is 0.387 e. The maximum atomic E-state index is 12.5. The van der Waals surface area contributed by atoms with E-state index in [9.17, 15) is 8.78 Å². The van der Waals surface area contributed by atoms with E-state index in [4.69, 9.17) is 11.6 Å². The summed E-state index contributed by atoms with van der Waals surface area (Å²) in [6.07, 6.45) is 0. The van der Waals surface area contributed by atoms with E-state index >= 15 is 0 Å². The number of benzene rings is 1. The summed E-state index contributed by atoms with van der Waals surface area (Å²) < 4.78 is 30.0. The number of rotatable bonds is 5. The van der Waals surface area contributed by atoms with Gasteiger partial charge in [0, 0.05) is 9.90 Å². The van der Waals surface area contributed by atoms with Crippen molar-refractivity contribution in [2.24, 2.45) is 0 Å². The summed E-state index contributed by atoms with van der Waals surface area (Å²) in [7, 11) is 0. The number of thiazole rings is 1. The average molecular weight is 398 g/mol. The first-order valence-corrected chi connectivity index (χ1v) is 8.04. The Kier molecular flexibility index (Phi) is 5.40. The average Bonchev–Trinajstić information content (AvgIpc) is 2.79. The Morgan fingerprint density at radius 3 is 2.71 bits per heavy atom. The third-order valence-corrected chi connectivity index (χ3v) is 4.68. The number of halogens is 4. The van der Waals surface area contributed by atoms with Gasteiger partial charge in [-0.3, -0.25) is 0 Å². The number of ether oxygens (including phenoxy) is 1. The summed E-state index contributed by atoms with van der Waals surface area (Å²) >= 11 is 10.7. The van der Waals surface area contributed by atoms with Crippen LogP contribution in [-0.4, -0.2) is 11.6 Å². The second kappa shape index (κ2) is 6.89. The van der Waals surface area contributed by atoms with E-state index in [2.05, 4.69) is 31.0 Å². The van der Waals surface area contributed by atoms with Crippen molar-refractivity contribution in [3.8, 4) is 5.75 Å². The van der Waals surface area contributed by atoms with Crippen LogP contribution < -0.4 is 10.1 Å². The number of aromatic nitrogens is 1. The number of hydrogen-bond donors (Lipinski definition) is 1. The molecule has 1 aromatic heterocycles. The summed E-state index contributed by atoms with van der Waals surface area (Å²) in [5.74, 6) is 0.0309. The molecule has 114 valence electrons. The summed E-state index contributed by atoms with van der Waals surface area (Å²) in [4.78, 5) is 5.20. The maximum Gasteiger partial charge on any atom is 0.387 e. The highest BCUT2D eigenvalue weighted by molar-refractivity contribution is 9.10. The zero-order valence-corrected chi connectivity index (χ0v) is 14.3. The number of nitrogens with one attached hydrogen (secondary N) is 1. The molecule has 0 fully saturated rings. The molecule has 8 heteroatoms. The molecule has 0 bridgehead atoms. The number of alkyl halides is 2. The lowest BCUT2D eigenvalue weighted by atomic mass is 10.2. The van der Waals surface area contributed by atoms with Gasteiger partial charge in [0.15, 0.2) is 5.75 Å². The molecule has 1 unspecified atom stereocenters. The quantitative estimate of drug-likeness (QED) is 0.709. The van der Waals surface area contributed by atoms with Gasteiger partial charge < -0.3 is 10.1 Å². The predicted octanol–water partition coefficient (Wildman–Crippen LogP) is 5.64. The van der Waals surface area contributed by atoms with E-state index in [1.807, 2.05) is 13.8 Å². The normalized spacial score (nSPS) is 12.5. The van der Waals surface area contributed by atoms with Crippen LogP contribution in [-0.2, 0) is 0 Å². The summed E-state index contributed by atoms with van der Waals surface area (Å²) in [6.45, 7) is 0.902. The fraction of sp³-hybridized carbons (Fsp3) is 0.308. The Morgan fingerprint density at radius 1 is 1.43 bits per heavy atom. The molecule has 0 amide bonds. The van der Waals surface area contributed by atoms with Gasteiger partial charge >= 0.3 is 6.61 Å². The second-order valence-corrected chi connectivity index (χ2v) is 6.49. The van der Waals surface area contributed by atoms with Crippen molar-refractivity contribution < 1.29 is 13.5 Å². The largest absolute Gasteiger partial charge is 0.431 e. The monoisotopic (exact) mass is 396 g/mol. The molecule has 1 heterocycles. The van der Waals surface area contributed by atoms with Crippen LogP contribution >= 0.6 is 38.9 Å². The van der Waals surface area contributed by atoms with Crippen LogP contribution in [0.5, 0.6) is 5.75 Å². The molecule has 21 heavy (non-hydrogen) atoms. The lowest BCUT2D eigenvalue weighted by Crippen LogP contribution is -2.10. The van der Waals surface area contributed by atoms with Crippen LogP contribution in [0.3, 0.4) is 0 Å². The standard InChI is InChI=1S/C13H12BrClF2N2OS/c1-6-12(21-5-18-6)7(2)19-10-4-8(15)3-9(14)11(10)20-13(16)17/h3-5,7,13,19H,1-2H3. The fourth-order valence-corrected chi connectivity index (χ4v) is 3.62. The fourth-order valence-electron chi connectivity index (χ4n) is 1.90. The molecule has 0 spiro atoms. The molecule has 0 aliphatic rings. The molecular formula is C13H12BrClF2N2OS. The van der Waals surface area contributed by atoms with Crippen LogP contribution in [0.4, 0.5) is 14.5 Å². The van der Waals surface area contributed by atoms with Gasteiger partial charge in [0.25, 0.3) is 0 Å². The summed E-state index contributed by atoms with van der Waals surface area (Å²) in [6, 6.07) is 2.95. The molecule has 1 atom stereocenters. The SMILES string of the molecule is Cc1ncsc1C(C)Nc1cc(Cl)cc(Br)c1OC(F)F. The molecular weight excluding hydrogens is 386 g/mol. The van der Waals surface area contributed by atoms with Crippen molar-refractivity contribution in [3.63, 3.8) is 0 Å². The molecule has 0 saturated heterocycles. The van der Waals surface area contributed by atoms with Crippen molar-refractivity contribution >= 4 is 44.6 Å². The highest BCUT2D eigenvalue weighted by Crippen LogP contribution is 2.39. The molecule has 0 radical (unpaired) electrons. The molecule has 0 aliphatic heterocycles. The summed E-state index contributed by atoms with van der Waals surface area (Å²) in [5.41, 5.74) is 3.04. The van der Waals surface area contributed by atoms with Gasteiger partial charge in [0.05, 0.1) is 27.4 Å². The van der Waals surface area contributed by atoms with Gasteiger partial charge in [-0.1, -0.05) is 11.6 Å². The zero-order chi connectivity index (χ0) is 15.6. The molecule has 1 N–H and O–H groups in total. The van der Waals surface area contributed by atoms with Crippen molar-refractivity contribution in [1.29, 1.82) is 0 Å². The lowest BCUT2D eigenvalue weighted by Gasteiger charge is -2.19. The summed E-state index contributed by atoms with van der Waals surface area (Å²) in [5, 5.41) is 3.55. The van der Waals surface area contributed by atoms with E-state index in [1.165, 1.54) is 17.4 Å². The zero-order valence-electron chi connectivity index (χ0n) is 11.2. The highest BCUT2D eigenvalue weighted by Gasteiger charge is 2.18. The molecule has 0 saturated carbocycles. The van der Waals surface area contributed by atoms with E-state index in [-0.39, 0.29) is 11.8 Å². The minimum atomic E-state index is -2.91. The number of hydrogen-bond acceptors (Lipinski definition) is 4.